The zero-order chi connectivity index (χ0) is 15.8. The van der Waals surface area contributed by atoms with Gasteiger partial charge in [0.25, 0.3) is 0 Å². The molecule has 0 aliphatic heterocycles. The number of ether oxygens (including phenoxy) is 2. The fourth-order valence-corrected chi connectivity index (χ4v) is 1.75. The quantitative estimate of drug-likeness (QED) is 0.376. The first-order chi connectivity index (χ1) is 10.1. The summed E-state index contributed by atoms with van der Waals surface area (Å²) < 4.78 is 9.88. The van der Waals surface area contributed by atoms with Crippen molar-refractivity contribution in [2.24, 2.45) is 0 Å². The van der Waals surface area contributed by atoms with Crippen LogP contribution in [0, 0.1) is 11.3 Å². The maximum Gasteiger partial charge on any atom is 0.348 e. The summed E-state index contributed by atoms with van der Waals surface area (Å²) in [7, 11) is 1.43. The summed E-state index contributed by atoms with van der Waals surface area (Å²) in [5.41, 5.74) is 1.04. The Kier molecular flexibility index (Phi) is 6.02. The van der Waals surface area contributed by atoms with Gasteiger partial charge in [0, 0.05) is 5.56 Å². The largest absolute Gasteiger partial charge is 0.504 e. The Bertz CT molecular complexity index is 611. The number of methoxy groups -OCH3 is 1. The number of aromatic hydroxyl groups is 1. The number of phenolic OH excluding ortho intramolecular Hbond substituents is 1. The van der Waals surface area contributed by atoms with Gasteiger partial charge in [0.05, 0.1) is 13.7 Å². The molecule has 0 amide bonds. The van der Waals surface area contributed by atoms with E-state index < -0.39 is 5.97 Å². The molecule has 21 heavy (non-hydrogen) atoms. The van der Waals surface area contributed by atoms with E-state index in [4.69, 9.17) is 14.7 Å². The molecule has 0 aliphatic carbocycles. The Morgan fingerprint density at radius 2 is 2.24 bits per heavy atom. The lowest BCUT2D eigenvalue weighted by atomic mass is 10.0. The van der Waals surface area contributed by atoms with Gasteiger partial charge >= 0.3 is 5.97 Å². The van der Waals surface area contributed by atoms with Crippen LogP contribution in [0.25, 0.3) is 6.08 Å². The Morgan fingerprint density at radius 3 is 2.76 bits per heavy atom. The van der Waals surface area contributed by atoms with Crippen LogP contribution in [0.2, 0.25) is 0 Å². The molecule has 0 saturated heterocycles. The summed E-state index contributed by atoms with van der Waals surface area (Å²) in [5, 5.41) is 19.0. The van der Waals surface area contributed by atoms with Gasteiger partial charge in [0.2, 0.25) is 0 Å². The molecule has 0 heterocycles. The van der Waals surface area contributed by atoms with E-state index in [2.05, 4.69) is 6.58 Å². The van der Waals surface area contributed by atoms with Crippen molar-refractivity contribution in [2.75, 3.05) is 13.7 Å². The molecular formula is C16H17NO4. The summed E-state index contributed by atoms with van der Waals surface area (Å²) >= 11 is 0. The van der Waals surface area contributed by atoms with Crippen LogP contribution >= 0.6 is 0 Å². The monoisotopic (exact) mass is 287 g/mol. The number of phenols is 1. The van der Waals surface area contributed by atoms with Crippen LogP contribution in [-0.2, 0) is 16.0 Å². The van der Waals surface area contributed by atoms with Crippen molar-refractivity contribution in [3.8, 4) is 17.6 Å². The number of allylic oxidation sites excluding steroid dienone is 1. The smallest absolute Gasteiger partial charge is 0.348 e. The van der Waals surface area contributed by atoms with Gasteiger partial charge in [-0.25, -0.2) is 4.79 Å². The van der Waals surface area contributed by atoms with Crippen molar-refractivity contribution >= 4 is 12.0 Å². The van der Waals surface area contributed by atoms with Crippen molar-refractivity contribution in [1.29, 1.82) is 5.26 Å². The minimum absolute atomic E-state index is 0.0178. The van der Waals surface area contributed by atoms with E-state index in [1.807, 2.05) is 0 Å². The zero-order valence-corrected chi connectivity index (χ0v) is 12.0. The highest BCUT2D eigenvalue weighted by atomic mass is 16.5. The average molecular weight is 287 g/mol. The number of benzene rings is 1. The molecule has 5 heteroatoms. The van der Waals surface area contributed by atoms with E-state index in [1.54, 1.807) is 31.2 Å². The topological polar surface area (TPSA) is 79.6 Å². The molecule has 1 aromatic rings. The minimum Gasteiger partial charge on any atom is -0.504 e. The predicted octanol–water partition coefficient (Wildman–Crippen LogP) is 2.60. The summed E-state index contributed by atoms with van der Waals surface area (Å²) in [5.74, 6) is -0.400. The molecule has 5 nitrogen and oxygen atoms in total. The van der Waals surface area contributed by atoms with Gasteiger partial charge in [-0.3, -0.25) is 0 Å². The number of hydrogen-bond acceptors (Lipinski definition) is 5. The number of esters is 1. The Labute approximate surface area is 123 Å². The van der Waals surface area contributed by atoms with Crippen LogP contribution in [0.5, 0.6) is 11.5 Å². The number of rotatable bonds is 6. The van der Waals surface area contributed by atoms with Gasteiger partial charge in [0.15, 0.2) is 11.5 Å². The lowest BCUT2D eigenvalue weighted by molar-refractivity contribution is -0.137. The highest BCUT2D eigenvalue weighted by Gasteiger charge is 2.13. The Balaban J connectivity index is 3.29. The molecule has 0 unspecified atom stereocenters. The highest BCUT2D eigenvalue weighted by molar-refractivity contribution is 5.98. The fourth-order valence-electron chi connectivity index (χ4n) is 1.75. The number of carbonyl (C=O) groups excluding carboxylic acids is 1. The summed E-state index contributed by atoms with van der Waals surface area (Å²) in [6.07, 6.45) is 3.47. The molecule has 0 atom stereocenters. The van der Waals surface area contributed by atoms with E-state index in [0.717, 1.165) is 0 Å². The predicted molar refractivity (Wildman–Crippen MR) is 78.8 cm³/mol. The molecule has 0 bridgehead atoms. The molecule has 110 valence electrons. The number of carbonyl (C=O) groups is 1. The molecule has 1 aromatic carbocycles. The molecule has 1 rings (SSSR count). The van der Waals surface area contributed by atoms with Gasteiger partial charge < -0.3 is 14.6 Å². The van der Waals surface area contributed by atoms with E-state index in [0.29, 0.717) is 17.5 Å². The number of nitriles is 1. The van der Waals surface area contributed by atoms with Gasteiger partial charge in [-0.15, -0.1) is 6.58 Å². The molecule has 0 aliphatic rings. The first-order valence-electron chi connectivity index (χ1n) is 6.37. The first kappa shape index (κ1) is 16.3. The second kappa shape index (κ2) is 7.75. The number of hydrogen-bond donors (Lipinski definition) is 1. The highest BCUT2D eigenvalue weighted by Crippen LogP contribution is 2.32. The average Bonchev–Trinajstić information content (AvgIpc) is 2.48. The SMILES string of the molecule is C=CCc1cc(C=C(C#N)C(=O)OCC)cc(OC)c1O. The van der Waals surface area contributed by atoms with Crippen LogP contribution in [-0.4, -0.2) is 24.8 Å². The second-order valence-electron chi connectivity index (χ2n) is 4.11. The van der Waals surface area contributed by atoms with Crippen LogP contribution in [0.1, 0.15) is 18.1 Å². The number of nitrogens with zero attached hydrogens (tertiary/aromatic N) is 1. The van der Waals surface area contributed by atoms with Crippen LogP contribution in [0.4, 0.5) is 0 Å². The van der Waals surface area contributed by atoms with Gasteiger partial charge in [-0.1, -0.05) is 6.08 Å². The van der Waals surface area contributed by atoms with Crippen LogP contribution in [0.15, 0.2) is 30.4 Å². The molecule has 0 radical (unpaired) electrons. The van der Waals surface area contributed by atoms with Crippen LogP contribution in [0.3, 0.4) is 0 Å². The molecule has 0 spiro atoms. The molecular weight excluding hydrogens is 270 g/mol. The molecule has 0 aromatic heterocycles. The van der Waals surface area contributed by atoms with E-state index in [1.165, 1.54) is 13.2 Å². The summed E-state index contributed by atoms with van der Waals surface area (Å²) in [6.45, 7) is 5.48. The first-order valence-corrected chi connectivity index (χ1v) is 6.37. The third kappa shape index (κ3) is 4.11. The van der Waals surface area contributed by atoms with Crippen molar-refractivity contribution < 1.29 is 19.4 Å². The van der Waals surface area contributed by atoms with Gasteiger partial charge in [-0.05, 0) is 37.1 Å². The van der Waals surface area contributed by atoms with Crippen molar-refractivity contribution in [3.05, 3.63) is 41.5 Å². The molecule has 0 fully saturated rings. The maximum atomic E-state index is 11.6. The lowest BCUT2D eigenvalue weighted by Gasteiger charge is -2.09. The Morgan fingerprint density at radius 1 is 1.52 bits per heavy atom. The van der Waals surface area contributed by atoms with E-state index >= 15 is 0 Å². The lowest BCUT2D eigenvalue weighted by Crippen LogP contribution is -2.06. The fraction of sp³-hybridized carbons (Fsp3) is 0.250. The summed E-state index contributed by atoms with van der Waals surface area (Å²) in [6, 6.07) is 5.00. The van der Waals surface area contributed by atoms with Gasteiger partial charge in [0.1, 0.15) is 11.6 Å². The third-order valence-corrected chi connectivity index (χ3v) is 2.69. The maximum absolute atomic E-state index is 11.6. The zero-order valence-electron chi connectivity index (χ0n) is 12.0. The van der Waals surface area contributed by atoms with Gasteiger partial charge in [-0.2, -0.15) is 5.26 Å². The summed E-state index contributed by atoms with van der Waals surface area (Å²) in [4.78, 5) is 11.6. The van der Waals surface area contributed by atoms with E-state index in [9.17, 15) is 9.90 Å². The normalized spacial score (nSPS) is 10.6. The Hall–Kier alpha value is -2.74. The standard InChI is InChI=1S/C16H17NO4/c1-4-6-12-7-11(9-14(20-3)15(12)18)8-13(10-17)16(19)21-5-2/h4,7-9,18H,1,5-6H2,2-3H3. The molecule has 1 N–H and O–H groups in total. The minimum atomic E-state index is -0.683. The third-order valence-electron chi connectivity index (χ3n) is 2.69. The van der Waals surface area contributed by atoms with Crippen molar-refractivity contribution in [1.82, 2.24) is 0 Å². The van der Waals surface area contributed by atoms with Crippen molar-refractivity contribution in [2.45, 2.75) is 13.3 Å². The molecule has 0 saturated carbocycles. The van der Waals surface area contributed by atoms with Crippen molar-refractivity contribution in [3.63, 3.8) is 0 Å². The van der Waals surface area contributed by atoms with E-state index in [-0.39, 0.29) is 23.7 Å². The second-order valence-corrected chi connectivity index (χ2v) is 4.11. The van der Waals surface area contributed by atoms with Crippen LogP contribution < -0.4 is 4.74 Å².